The van der Waals surface area contributed by atoms with E-state index in [4.69, 9.17) is 14.2 Å². The SMILES string of the molecule is COc1ccc(Oc2cccc(CN3CCN(C(=O)Oc4ccc([N+](=O)[O-])cc4)CC3)c2)cc1. The highest BCUT2D eigenvalue weighted by molar-refractivity contribution is 5.71. The maximum Gasteiger partial charge on any atom is 0.415 e. The van der Waals surface area contributed by atoms with E-state index in [0.717, 1.165) is 29.4 Å². The molecule has 0 spiro atoms. The topological polar surface area (TPSA) is 94.4 Å². The van der Waals surface area contributed by atoms with Gasteiger partial charge in [0, 0.05) is 44.9 Å². The quantitative estimate of drug-likeness (QED) is 0.370. The zero-order chi connectivity index (χ0) is 23.9. The standard InChI is InChI=1S/C25H25N3O6/c1-32-21-9-11-22(12-10-21)33-24-4-2-3-19(17-24)18-26-13-15-27(16-14-26)25(29)34-23-7-5-20(6-8-23)28(30)31/h2-12,17H,13-16,18H2,1H3. The minimum atomic E-state index is -0.494. The summed E-state index contributed by atoms with van der Waals surface area (Å²) in [4.78, 5) is 26.6. The van der Waals surface area contributed by atoms with E-state index < -0.39 is 11.0 Å². The van der Waals surface area contributed by atoms with Crippen molar-refractivity contribution in [3.05, 3.63) is 88.5 Å². The van der Waals surface area contributed by atoms with Crippen LogP contribution >= 0.6 is 0 Å². The Kier molecular flexibility index (Phi) is 7.24. The molecular formula is C25H25N3O6. The molecule has 34 heavy (non-hydrogen) atoms. The molecule has 0 atom stereocenters. The van der Waals surface area contributed by atoms with Crippen LogP contribution in [0.1, 0.15) is 5.56 Å². The lowest BCUT2D eigenvalue weighted by Gasteiger charge is -2.34. The van der Waals surface area contributed by atoms with Crippen molar-refractivity contribution in [1.29, 1.82) is 0 Å². The van der Waals surface area contributed by atoms with Crippen molar-refractivity contribution in [1.82, 2.24) is 9.80 Å². The number of nitro benzene ring substituents is 1. The van der Waals surface area contributed by atoms with Gasteiger partial charge in [-0.3, -0.25) is 15.0 Å². The Labute approximate surface area is 197 Å². The largest absolute Gasteiger partial charge is 0.497 e. The molecule has 0 N–H and O–H groups in total. The van der Waals surface area contributed by atoms with Crippen LogP contribution in [-0.4, -0.2) is 54.1 Å². The van der Waals surface area contributed by atoms with Crippen LogP contribution in [0.15, 0.2) is 72.8 Å². The summed E-state index contributed by atoms with van der Waals surface area (Å²) in [5.74, 6) is 2.55. The lowest BCUT2D eigenvalue weighted by atomic mass is 10.2. The Morgan fingerprint density at radius 3 is 2.18 bits per heavy atom. The lowest BCUT2D eigenvalue weighted by Crippen LogP contribution is -2.49. The number of hydrogen-bond donors (Lipinski definition) is 0. The van der Waals surface area contributed by atoms with Gasteiger partial charge in [-0.15, -0.1) is 0 Å². The molecule has 3 aromatic carbocycles. The van der Waals surface area contributed by atoms with Crippen molar-refractivity contribution in [3.8, 4) is 23.0 Å². The summed E-state index contributed by atoms with van der Waals surface area (Å²) in [5, 5.41) is 10.7. The Morgan fingerprint density at radius 2 is 1.53 bits per heavy atom. The normalized spacial score (nSPS) is 13.9. The first-order valence-electron chi connectivity index (χ1n) is 10.8. The van der Waals surface area contributed by atoms with E-state index in [9.17, 15) is 14.9 Å². The molecular weight excluding hydrogens is 438 g/mol. The molecule has 0 saturated carbocycles. The first-order valence-corrected chi connectivity index (χ1v) is 10.8. The molecule has 0 aliphatic carbocycles. The number of nitrogens with zero attached hydrogens (tertiary/aromatic N) is 3. The third-order valence-corrected chi connectivity index (χ3v) is 5.48. The number of benzene rings is 3. The first kappa shape index (κ1) is 23.1. The summed E-state index contributed by atoms with van der Waals surface area (Å²) in [6, 6.07) is 20.8. The summed E-state index contributed by atoms with van der Waals surface area (Å²) < 4.78 is 16.5. The molecule has 0 radical (unpaired) electrons. The molecule has 1 amide bonds. The van der Waals surface area contributed by atoms with Gasteiger partial charge < -0.3 is 19.1 Å². The van der Waals surface area contributed by atoms with Gasteiger partial charge in [0.15, 0.2) is 0 Å². The second-order valence-electron chi connectivity index (χ2n) is 7.81. The summed E-state index contributed by atoms with van der Waals surface area (Å²) in [7, 11) is 1.63. The third-order valence-electron chi connectivity index (χ3n) is 5.48. The number of amides is 1. The molecule has 176 valence electrons. The van der Waals surface area contributed by atoms with Crippen LogP contribution in [0, 0.1) is 10.1 Å². The first-order chi connectivity index (χ1) is 16.5. The van der Waals surface area contributed by atoms with Crippen molar-refractivity contribution in [2.75, 3.05) is 33.3 Å². The summed E-state index contributed by atoms with van der Waals surface area (Å²) in [6.45, 7) is 3.23. The molecule has 0 unspecified atom stereocenters. The Morgan fingerprint density at radius 1 is 0.882 bits per heavy atom. The van der Waals surface area contributed by atoms with Crippen LogP contribution in [0.2, 0.25) is 0 Å². The van der Waals surface area contributed by atoms with E-state index in [-0.39, 0.29) is 11.4 Å². The van der Waals surface area contributed by atoms with Crippen LogP contribution in [0.25, 0.3) is 0 Å². The van der Waals surface area contributed by atoms with Crippen LogP contribution in [-0.2, 0) is 6.54 Å². The molecule has 3 aromatic rings. The molecule has 9 heteroatoms. The molecule has 1 fully saturated rings. The van der Waals surface area contributed by atoms with Crippen molar-refractivity contribution in [3.63, 3.8) is 0 Å². The van der Waals surface area contributed by atoms with Crippen molar-refractivity contribution in [2.45, 2.75) is 6.54 Å². The van der Waals surface area contributed by atoms with Crippen molar-refractivity contribution >= 4 is 11.8 Å². The van der Waals surface area contributed by atoms with Gasteiger partial charge in [0.05, 0.1) is 12.0 Å². The number of rotatable bonds is 7. The number of methoxy groups -OCH3 is 1. The fourth-order valence-electron chi connectivity index (χ4n) is 3.64. The van der Waals surface area contributed by atoms with Crippen molar-refractivity contribution in [2.24, 2.45) is 0 Å². The van der Waals surface area contributed by atoms with Crippen LogP contribution in [0.4, 0.5) is 10.5 Å². The second-order valence-corrected chi connectivity index (χ2v) is 7.81. The molecule has 0 bridgehead atoms. The predicted molar refractivity (Wildman–Crippen MR) is 125 cm³/mol. The van der Waals surface area contributed by atoms with E-state index in [1.165, 1.54) is 24.3 Å². The smallest absolute Gasteiger partial charge is 0.415 e. The van der Waals surface area contributed by atoms with E-state index in [0.29, 0.717) is 26.2 Å². The maximum absolute atomic E-state index is 12.4. The fourth-order valence-corrected chi connectivity index (χ4v) is 3.64. The molecule has 1 aliphatic rings. The van der Waals surface area contributed by atoms with Gasteiger partial charge in [-0.05, 0) is 54.1 Å². The monoisotopic (exact) mass is 463 g/mol. The van der Waals surface area contributed by atoms with Gasteiger partial charge in [0.1, 0.15) is 23.0 Å². The summed E-state index contributed by atoms with van der Waals surface area (Å²) in [5.41, 5.74) is 1.07. The highest BCUT2D eigenvalue weighted by Crippen LogP contribution is 2.25. The molecule has 0 aromatic heterocycles. The van der Waals surface area contributed by atoms with Gasteiger partial charge >= 0.3 is 6.09 Å². The Balaban J connectivity index is 1.27. The number of nitro groups is 1. The highest BCUT2D eigenvalue weighted by Gasteiger charge is 2.23. The van der Waals surface area contributed by atoms with Gasteiger partial charge in [-0.2, -0.15) is 0 Å². The zero-order valence-electron chi connectivity index (χ0n) is 18.8. The molecule has 4 rings (SSSR count). The molecule has 9 nitrogen and oxygen atoms in total. The van der Waals surface area contributed by atoms with Gasteiger partial charge in [0.25, 0.3) is 5.69 Å². The minimum absolute atomic E-state index is 0.0492. The average molecular weight is 463 g/mol. The molecule has 1 heterocycles. The Bertz CT molecular complexity index is 1130. The van der Waals surface area contributed by atoms with Crippen molar-refractivity contribution < 1.29 is 23.9 Å². The fraction of sp³-hybridized carbons (Fsp3) is 0.240. The number of carbonyl (C=O) groups is 1. The predicted octanol–water partition coefficient (Wildman–Crippen LogP) is 4.71. The number of ether oxygens (including phenoxy) is 3. The highest BCUT2D eigenvalue weighted by atomic mass is 16.6. The Hall–Kier alpha value is -4.11. The van der Waals surface area contributed by atoms with Crippen LogP contribution in [0.3, 0.4) is 0 Å². The van der Waals surface area contributed by atoms with Crippen LogP contribution < -0.4 is 14.2 Å². The maximum atomic E-state index is 12.4. The van der Waals surface area contributed by atoms with Crippen LogP contribution in [0.5, 0.6) is 23.0 Å². The number of carbonyl (C=O) groups excluding carboxylic acids is 1. The lowest BCUT2D eigenvalue weighted by molar-refractivity contribution is -0.384. The van der Waals surface area contributed by atoms with E-state index in [1.54, 1.807) is 12.0 Å². The van der Waals surface area contributed by atoms with E-state index in [1.807, 2.05) is 42.5 Å². The summed E-state index contributed by atoms with van der Waals surface area (Å²) >= 11 is 0. The minimum Gasteiger partial charge on any atom is -0.497 e. The number of piperazine rings is 1. The average Bonchev–Trinajstić information content (AvgIpc) is 2.85. The van der Waals surface area contributed by atoms with Gasteiger partial charge in [-0.25, -0.2) is 4.79 Å². The van der Waals surface area contributed by atoms with E-state index >= 15 is 0 Å². The number of hydrogen-bond acceptors (Lipinski definition) is 7. The zero-order valence-corrected chi connectivity index (χ0v) is 18.8. The molecule has 1 aliphatic heterocycles. The van der Waals surface area contributed by atoms with Gasteiger partial charge in [-0.1, -0.05) is 12.1 Å². The summed E-state index contributed by atoms with van der Waals surface area (Å²) in [6.07, 6.45) is -0.455. The third kappa shape index (κ3) is 6.02. The number of non-ortho nitro benzene ring substituents is 1. The van der Waals surface area contributed by atoms with Gasteiger partial charge in [0.2, 0.25) is 0 Å². The molecule has 1 saturated heterocycles. The second kappa shape index (κ2) is 10.7. The van der Waals surface area contributed by atoms with E-state index in [2.05, 4.69) is 11.0 Å².